The normalized spacial score (nSPS) is 13.2. The van der Waals surface area contributed by atoms with E-state index in [0.717, 1.165) is 0 Å². The molecule has 0 heterocycles. The second-order valence-electron chi connectivity index (χ2n) is 3.66. The summed E-state index contributed by atoms with van der Waals surface area (Å²) < 4.78 is 4.58. The lowest BCUT2D eigenvalue weighted by molar-refractivity contribution is -0.141. The van der Waals surface area contributed by atoms with Gasteiger partial charge >= 0.3 is 5.97 Å². The van der Waals surface area contributed by atoms with Gasteiger partial charge < -0.3 is 4.74 Å². The van der Waals surface area contributed by atoms with Crippen molar-refractivity contribution >= 4 is 11.8 Å². The molecule has 1 atom stereocenters. The maximum absolute atomic E-state index is 11.0. The number of methoxy groups -OCH3 is 1. The van der Waals surface area contributed by atoms with Gasteiger partial charge in [0.1, 0.15) is 0 Å². The van der Waals surface area contributed by atoms with Gasteiger partial charge in [0.15, 0.2) is 5.78 Å². The Morgan fingerprint density at radius 2 is 1.93 bits per heavy atom. The van der Waals surface area contributed by atoms with Gasteiger partial charge in [-0.05, 0) is 24.8 Å². The van der Waals surface area contributed by atoms with Crippen molar-refractivity contribution in [1.82, 2.24) is 0 Å². The zero-order valence-corrected chi connectivity index (χ0v) is 9.24. The zero-order chi connectivity index (χ0) is 11.1. The van der Waals surface area contributed by atoms with Gasteiger partial charge in [-0.1, -0.05) is 19.9 Å². The van der Waals surface area contributed by atoms with Crippen LogP contribution in [0.2, 0.25) is 0 Å². The number of carbonyl (C=O) groups is 2. The lowest BCUT2D eigenvalue weighted by Crippen LogP contribution is -2.13. The van der Waals surface area contributed by atoms with Crippen LogP contribution in [-0.2, 0) is 14.3 Å². The summed E-state index contributed by atoms with van der Waals surface area (Å²) >= 11 is 0. The van der Waals surface area contributed by atoms with E-state index in [4.69, 9.17) is 0 Å². The molecule has 0 aromatic heterocycles. The molecule has 3 heteroatoms. The number of hydrogen-bond acceptors (Lipinski definition) is 3. The average molecular weight is 198 g/mol. The fourth-order valence-electron chi connectivity index (χ4n) is 1.06. The zero-order valence-electron chi connectivity index (χ0n) is 9.24. The topological polar surface area (TPSA) is 43.4 Å². The molecule has 0 saturated heterocycles. The summed E-state index contributed by atoms with van der Waals surface area (Å²) in [6.45, 7) is 5.52. The molecule has 0 spiro atoms. The number of carbonyl (C=O) groups excluding carboxylic acids is 2. The first kappa shape index (κ1) is 12.9. The van der Waals surface area contributed by atoms with E-state index in [1.54, 1.807) is 6.08 Å². The molecule has 80 valence electrons. The maximum atomic E-state index is 11.0. The van der Waals surface area contributed by atoms with Crippen molar-refractivity contribution < 1.29 is 14.3 Å². The molecule has 0 radical (unpaired) electrons. The quantitative estimate of drug-likeness (QED) is 0.501. The van der Waals surface area contributed by atoms with Crippen LogP contribution in [0.25, 0.3) is 0 Å². The van der Waals surface area contributed by atoms with E-state index < -0.39 is 0 Å². The lowest BCUT2D eigenvalue weighted by Gasteiger charge is -2.14. The molecule has 14 heavy (non-hydrogen) atoms. The van der Waals surface area contributed by atoms with Gasteiger partial charge in [-0.25, -0.2) is 0 Å². The molecule has 1 unspecified atom stereocenters. The van der Waals surface area contributed by atoms with E-state index in [1.807, 2.05) is 13.8 Å². The van der Waals surface area contributed by atoms with Crippen LogP contribution in [0.1, 0.15) is 27.2 Å². The van der Waals surface area contributed by atoms with Gasteiger partial charge in [-0.15, -0.1) is 0 Å². The van der Waals surface area contributed by atoms with Crippen molar-refractivity contribution in [3.63, 3.8) is 0 Å². The highest BCUT2D eigenvalue weighted by molar-refractivity contribution is 5.87. The van der Waals surface area contributed by atoms with Crippen molar-refractivity contribution in [2.24, 2.45) is 11.8 Å². The predicted molar refractivity (Wildman–Crippen MR) is 54.8 cm³/mol. The van der Waals surface area contributed by atoms with Crippen LogP contribution in [0.15, 0.2) is 12.2 Å². The fraction of sp³-hybridized carbons (Fsp3) is 0.636. The predicted octanol–water partition coefficient (Wildman–Crippen LogP) is 1.97. The molecule has 0 fully saturated rings. The summed E-state index contributed by atoms with van der Waals surface area (Å²) in [5, 5.41) is 0. The monoisotopic (exact) mass is 198 g/mol. The van der Waals surface area contributed by atoms with E-state index >= 15 is 0 Å². The third kappa shape index (κ3) is 5.51. The highest BCUT2D eigenvalue weighted by Crippen LogP contribution is 2.17. The Balaban J connectivity index is 4.30. The second kappa shape index (κ2) is 6.35. The third-order valence-corrected chi connectivity index (χ3v) is 2.06. The van der Waals surface area contributed by atoms with Crippen LogP contribution < -0.4 is 0 Å². The number of ether oxygens (including phenoxy) is 1. The van der Waals surface area contributed by atoms with Crippen molar-refractivity contribution in [2.75, 3.05) is 7.11 Å². The second-order valence-corrected chi connectivity index (χ2v) is 3.66. The van der Waals surface area contributed by atoms with Crippen LogP contribution in [-0.4, -0.2) is 18.9 Å². The smallest absolute Gasteiger partial charge is 0.306 e. The Bertz CT molecular complexity index is 229. The highest BCUT2D eigenvalue weighted by Gasteiger charge is 2.14. The first-order chi connectivity index (χ1) is 6.47. The first-order valence-corrected chi connectivity index (χ1v) is 4.73. The summed E-state index contributed by atoms with van der Waals surface area (Å²) in [6.07, 6.45) is 3.62. The van der Waals surface area contributed by atoms with Gasteiger partial charge in [-0.3, -0.25) is 9.59 Å². The molecule has 0 N–H and O–H groups in total. The number of ketones is 1. The van der Waals surface area contributed by atoms with E-state index in [1.165, 1.54) is 20.1 Å². The first-order valence-electron chi connectivity index (χ1n) is 4.73. The molecule has 0 aliphatic rings. The van der Waals surface area contributed by atoms with Crippen LogP contribution in [0.3, 0.4) is 0 Å². The van der Waals surface area contributed by atoms with Crippen LogP contribution in [0.4, 0.5) is 0 Å². The summed E-state index contributed by atoms with van der Waals surface area (Å²) in [4.78, 5) is 21.8. The summed E-state index contributed by atoms with van der Waals surface area (Å²) in [5.74, 6) is 0.161. The van der Waals surface area contributed by atoms with Crippen LogP contribution >= 0.6 is 0 Å². The SMILES string of the molecule is COC(=O)CC(C=CC(C)=O)C(C)C. The number of rotatable bonds is 5. The van der Waals surface area contributed by atoms with Gasteiger partial charge in [0.2, 0.25) is 0 Å². The van der Waals surface area contributed by atoms with Gasteiger partial charge in [0.25, 0.3) is 0 Å². The van der Waals surface area contributed by atoms with E-state index in [9.17, 15) is 9.59 Å². The van der Waals surface area contributed by atoms with Crippen molar-refractivity contribution in [3.05, 3.63) is 12.2 Å². The molecule has 0 aliphatic heterocycles. The molecule has 0 aromatic carbocycles. The minimum atomic E-state index is -0.239. The van der Waals surface area contributed by atoms with Crippen molar-refractivity contribution in [3.8, 4) is 0 Å². The Morgan fingerprint density at radius 1 is 1.36 bits per heavy atom. The molecular weight excluding hydrogens is 180 g/mol. The summed E-state index contributed by atoms with van der Waals surface area (Å²) in [6, 6.07) is 0. The largest absolute Gasteiger partial charge is 0.469 e. The molecule has 0 rings (SSSR count). The van der Waals surface area contributed by atoms with E-state index in [0.29, 0.717) is 12.3 Å². The van der Waals surface area contributed by atoms with Crippen LogP contribution in [0, 0.1) is 11.8 Å². The molecule has 0 bridgehead atoms. The molecule has 3 nitrogen and oxygen atoms in total. The molecule has 0 saturated carbocycles. The Labute approximate surface area is 85.1 Å². The number of allylic oxidation sites excluding steroid dienone is 2. The molecule has 0 aliphatic carbocycles. The van der Waals surface area contributed by atoms with E-state index in [2.05, 4.69) is 4.74 Å². The van der Waals surface area contributed by atoms with Gasteiger partial charge in [-0.2, -0.15) is 0 Å². The molecular formula is C11H18O3. The van der Waals surface area contributed by atoms with Gasteiger partial charge in [0, 0.05) is 0 Å². The highest BCUT2D eigenvalue weighted by atomic mass is 16.5. The Hall–Kier alpha value is -1.12. The fourth-order valence-corrected chi connectivity index (χ4v) is 1.06. The van der Waals surface area contributed by atoms with Gasteiger partial charge in [0.05, 0.1) is 13.5 Å². The lowest BCUT2D eigenvalue weighted by atomic mass is 9.92. The van der Waals surface area contributed by atoms with E-state index in [-0.39, 0.29) is 17.7 Å². The average Bonchev–Trinajstić information content (AvgIpc) is 2.10. The minimum Gasteiger partial charge on any atom is -0.469 e. The molecule has 0 aromatic rings. The van der Waals surface area contributed by atoms with Crippen LogP contribution in [0.5, 0.6) is 0 Å². The number of hydrogen-bond donors (Lipinski definition) is 0. The number of esters is 1. The van der Waals surface area contributed by atoms with Crippen molar-refractivity contribution in [1.29, 1.82) is 0 Å². The standard InChI is InChI=1S/C11H18O3/c1-8(2)10(6-5-9(3)12)7-11(13)14-4/h5-6,8,10H,7H2,1-4H3. The Kier molecular flexibility index (Phi) is 5.84. The maximum Gasteiger partial charge on any atom is 0.306 e. The Morgan fingerprint density at radius 3 is 2.29 bits per heavy atom. The van der Waals surface area contributed by atoms with Crippen molar-refractivity contribution in [2.45, 2.75) is 27.2 Å². The third-order valence-electron chi connectivity index (χ3n) is 2.06. The summed E-state index contributed by atoms with van der Waals surface area (Å²) in [7, 11) is 1.37. The molecule has 0 amide bonds. The minimum absolute atomic E-state index is 0.000478. The summed E-state index contributed by atoms with van der Waals surface area (Å²) in [5.41, 5.74) is 0.